The van der Waals surface area contributed by atoms with Crippen LogP contribution in [0.15, 0.2) is 12.1 Å². The molecule has 1 saturated heterocycles. The second-order valence-electron chi connectivity index (χ2n) is 5.77. The summed E-state index contributed by atoms with van der Waals surface area (Å²) in [5.74, 6) is -0.421. The molecule has 3 rings (SSSR count). The van der Waals surface area contributed by atoms with Gasteiger partial charge in [-0.15, -0.1) is 0 Å². The summed E-state index contributed by atoms with van der Waals surface area (Å²) < 4.78 is 0. The van der Waals surface area contributed by atoms with Crippen LogP contribution in [-0.2, 0) is 4.79 Å². The van der Waals surface area contributed by atoms with Gasteiger partial charge in [0.2, 0.25) is 0 Å². The molecule has 1 unspecified atom stereocenters. The first-order valence-corrected chi connectivity index (χ1v) is 7.05. The number of hydrogen-bond donors (Lipinski definition) is 3. The van der Waals surface area contributed by atoms with Gasteiger partial charge in [-0.05, 0) is 31.9 Å². The van der Waals surface area contributed by atoms with E-state index in [9.17, 15) is 15.0 Å². The van der Waals surface area contributed by atoms with E-state index in [-0.39, 0.29) is 0 Å². The molecule has 1 atom stereocenters. The fraction of sp³-hybridized carbons (Fsp3) is 0.500. The Bertz CT molecular complexity index is 564. The maximum atomic E-state index is 11.5. The van der Waals surface area contributed by atoms with Crippen molar-refractivity contribution in [2.45, 2.75) is 31.5 Å². The molecule has 5 nitrogen and oxygen atoms in total. The highest BCUT2D eigenvalue weighted by Crippen LogP contribution is 2.40. The van der Waals surface area contributed by atoms with Crippen LogP contribution in [0.2, 0.25) is 5.02 Å². The van der Waals surface area contributed by atoms with Gasteiger partial charge in [-0.3, -0.25) is 4.79 Å². The van der Waals surface area contributed by atoms with E-state index in [0.717, 1.165) is 5.69 Å². The molecule has 2 heterocycles. The Morgan fingerprint density at radius 3 is 2.70 bits per heavy atom. The number of nitrogens with zero attached hydrogens (tertiary/aromatic N) is 1. The minimum atomic E-state index is -1.14. The number of halogens is 1. The molecule has 1 amide bonds. The highest BCUT2D eigenvalue weighted by molar-refractivity contribution is 6.33. The van der Waals surface area contributed by atoms with Gasteiger partial charge in [0.05, 0.1) is 16.3 Å². The van der Waals surface area contributed by atoms with Crippen molar-refractivity contribution in [3.8, 4) is 0 Å². The zero-order chi connectivity index (χ0) is 14.5. The van der Waals surface area contributed by atoms with E-state index in [0.29, 0.717) is 42.2 Å². The van der Waals surface area contributed by atoms with Crippen LogP contribution in [0, 0.1) is 0 Å². The largest absolute Gasteiger partial charge is 0.390 e. The minimum Gasteiger partial charge on any atom is -0.390 e. The number of carbonyl (C=O) groups excluding carboxylic acids is 1. The first kappa shape index (κ1) is 13.7. The Labute approximate surface area is 122 Å². The lowest BCUT2D eigenvalue weighted by Gasteiger charge is -2.37. The zero-order valence-corrected chi connectivity index (χ0v) is 11.9. The van der Waals surface area contributed by atoms with E-state index in [2.05, 4.69) is 10.2 Å². The topological polar surface area (TPSA) is 72.8 Å². The van der Waals surface area contributed by atoms with Gasteiger partial charge >= 0.3 is 0 Å². The van der Waals surface area contributed by atoms with Crippen molar-refractivity contribution < 1.29 is 15.0 Å². The highest BCUT2D eigenvalue weighted by Gasteiger charge is 2.32. The predicted molar refractivity (Wildman–Crippen MR) is 77.1 cm³/mol. The summed E-state index contributed by atoms with van der Waals surface area (Å²) in [5.41, 5.74) is 1.34. The fourth-order valence-corrected chi connectivity index (χ4v) is 3.02. The Hall–Kier alpha value is -1.30. The molecule has 3 N–H and O–H groups in total. The van der Waals surface area contributed by atoms with E-state index >= 15 is 0 Å². The van der Waals surface area contributed by atoms with Crippen LogP contribution in [0.1, 0.15) is 31.4 Å². The third kappa shape index (κ3) is 2.26. The molecule has 1 aromatic rings. The summed E-state index contributed by atoms with van der Waals surface area (Å²) in [6.45, 7) is 3.26. The van der Waals surface area contributed by atoms with Crippen molar-refractivity contribution in [2.24, 2.45) is 0 Å². The molecule has 1 fully saturated rings. The normalized spacial score (nSPS) is 24.5. The molecule has 20 heavy (non-hydrogen) atoms. The number of aliphatic hydroxyl groups excluding tert-OH is 1. The number of hydrogen-bond acceptors (Lipinski definition) is 4. The van der Waals surface area contributed by atoms with Crippen LogP contribution >= 0.6 is 11.6 Å². The number of amides is 1. The lowest BCUT2D eigenvalue weighted by Crippen LogP contribution is -2.42. The van der Waals surface area contributed by atoms with Gasteiger partial charge in [-0.2, -0.15) is 0 Å². The standard InChI is InChI=1S/C14H17ClN2O3/c1-14(20)2-4-17(5-3-14)11-7-10-8(6-9(11)15)12(18)13(19)16-10/h6-7,12,18,20H,2-5H2,1H3,(H,16,19). The Balaban J connectivity index is 1.89. The third-order valence-corrected chi connectivity index (χ3v) is 4.40. The number of anilines is 2. The smallest absolute Gasteiger partial charge is 0.257 e. The van der Waals surface area contributed by atoms with E-state index in [1.807, 2.05) is 6.92 Å². The van der Waals surface area contributed by atoms with E-state index in [1.165, 1.54) is 0 Å². The summed E-state index contributed by atoms with van der Waals surface area (Å²) in [7, 11) is 0. The summed E-state index contributed by atoms with van der Waals surface area (Å²) in [6.07, 6.45) is 0.212. The van der Waals surface area contributed by atoms with Gasteiger partial charge in [0, 0.05) is 24.3 Å². The Morgan fingerprint density at radius 1 is 1.40 bits per heavy atom. The number of carbonyl (C=O) groups is 1. The quantitative estimate of drug-likeness (QED) is 0.737. The highest BCUT2D eigenvalue weighted by atomic mass is 35.5. The first-order valence-electron chi connectivity index (χ1n) is 6.67. The molecular formula is C14H17ClN2O3. The van der Waals surface area contributed by atoms with Gasteiger partial charge in [0.15, 0.2) is 6.10 Å². The summed E-state index contributed by atoms with van der Waals surface area (Å²) in [4.78, 5) is 13.6. The maximum Gasteiger partial charge on any atom is 0.257 e. The van der Waals surface area contributed by atoms with Gasteiger partial charge in [-0.1, -0.05) is 11.6 Å². The molecule has 0 spiro atoms. The lowest BCUT2D eigenvalue weighted by molar-refractivity contribution is -0.123. The molecule has 0 saturated carbocycles. The van der Waals surface area contributed by atoms with Crippen LogP contribution in [0.3, 0.4) is 0 Å². The second kappa shape index (κ2) is 4.62. The van der Waals surface area contributed by atoms with Crippen molar-refractivity contribution >= 4 is 28.9 Å². The Morgan fingerprint density at radius 2 is 2.05 bits per heavy atom. The Kier molecular flexibility index (Phi) is 3.16. The van der Waals surface area contributed by atoms with Crippen molar-refractivity contribution in [1.29, 1.82) is 0 Å². The molecule has 2 aliphatic heterocycles. The van der Waals surface area contributed by atoms with Crippen molar-refractivity contribution in [2.75, 3.05) is 23.3 Å². The van der Waals surface area contributed by atoms with E-state index < -0.39 is 17.6 Å². The van der Waals surface area contributed by atoms with Crippen LogP contribution < -0.4 is 10.2 Å². The van der Waals surface area contributed by atoms with E-state index in [4.69, 9.17) is 11.6 Å². The number of nitrogens with one attached hydrogen (secondary N) is 1. The molecule has 2 aliphatic rings. The van der Waals surface area contributed by atoms with Gasteiger partial charge < -0.3 is 20.4 Å². The van der Waals surface area contributed by atoms with Crippen LogP contribution in [0.4, 0.5) is 11.4 Å². The monoisotopic (exact) mass is 296 g/mol. The predicted octanol–water partition coefficient (Wildman–Crippen LogP) is 1.68. The average molecular weight is 297 g/mol. The molecule has 1 aromatic carbocycles. The van der Waals surface area contributed by atoms with Crippen molar-refractivity contribution in [3.05, 3.63) is 22.7 Å². The van der Waals surface area contributed by atoms with Crippen molar-refractivity contribution in [1.82, 2.24) is 0 Å². The zero-order valence-electron chi connectivity index (χ0n) is 11.2. The first-order chi connectivity index (χ1) is 9.37. The summed E-state index contributed by atoms with van der Waals surface area (Å²) in [6, 6.07) is 3.44. The molecule has 6 heteroatoms. The number of rotatable bonds is 1. The van der Waals surface area contributed by atoms with Gasteiger partial charge in [0.1, 0.15) is 0 Å². The fourth-order valence-electron chi connectivity index (χ4n) is 2.73. The maximum absolute atomic E-state index is 11.5. The SMILES string of the molecule is CC1(O)CCN(c2cc3c(cc2Cl)C(O)C(=O)N3)CC1. The molecular weight excluding hydrogens is 280 g/mol. The van der Waals surface area contributed by atoms with Crippen LogP contribution in [0.5, 0.6) is 0 Å². The summed E-state index contributed by atoms with van der Waals surface area (Å²) in [5, 5.41) is 22.9. The number of aliphatic hydroxyl groups is 2. The van der Waals surface area contributed by atoms with Crippen LogP contribution in [-0.4, -0.2) is 34.8 Å². The number of benzene rings is 1. The molecule has 0 aromatic heterocycles. The van der Waals surface area contributed by atoms with Crippen LogP contribution in [0.25, 0.3) is 0 Å². The second-order valence-corrected chi connectivity index (χ2v) is 6.17. The molecule has 0 bridgehead atoms. The summed E-state index contributed by atoms with van der Waals surface area (Å²) >= 11 is 6.27. The average Bonchev–Trinajstić information content (AvgIpc) is 2.65. The molecule has 0 radical (unpaired) electrons. The third-order valence-electron chi connectivity index (χ3n) is 4.10. The van der Waals surface area contributed by atoms with E-state index in [1.54, 1.807) is 12.1 Å². The number of fused-ring (bicyclic) bond motifs is 1. The molecule has 0 aliphatic carbocycles. The molecule has 108 valence electrons. The van der Waals surface area contributed by atoms with Gasteiger partial charge in [-0.25, -0.2) is 0 Å². The van der Waals surface area contributed by atoms with Crippen molar-refractivity contribution in [3.63, 3.8) is 0 Å². The van der Waals surface area contributed by atoms with Gasteiger partial charge in [0.25, 0.3) is 5.91 Å². The minimum absolute atomic E-state index is 0.421. The lowest BCUT2D eigenvalue weighted by atomic mass is 9.93. The number of piperidine rings is 1.